The highest BCUT2D eigenvalue weighted by Crippen LogP contribution is 2.47. The van der Waals surface area contributed by atoms with Crippen LogP contribution >= 0.6 is 0 Å². The molecule has 0 aliphatic carbocycles. The van der Waals surface area contributed by atoms with Crippen LogP contribution in [0.4, 0.5) is 0 Å². The summed E-state index contributed by atoms with van der Waals surface area (Å²) in [6.07, 6.45) is 0. The molecule has 0 amide bonds. The first-order valence-electron chi connectivity index (χ1n) is 7.01. The first-order chi connectivity index (χ1) is 9.85. The zero-order valence-electron chi connectivity index (χ0n) is 12.5. The van der Waals surface area contributed by atoms with Crippen molar-refractivity contribution in [3.63, 3.8) is 0 Å². The van der Waals surface area contributed by atoms with E-state index in [1.807, 2.05) is 57.2 Å². The first-order valence-corrected chi connectivity index (χ1v) is 8.45. The lowest BCUT2D eigenvalue weighted by Crippen LogP contribution is -2.20. The molecule has 0 aromatic heterocycles. The molecule has 3 nitrogen and oxygen atoms in total. The van der Waals surface area contributed by atoms with E-state index in [2.05, 4.69) is 0 Å². The number of benzene rings is 2. The van der Waals surface area contributed by atoms with Crippen LogP contribution in [-0.2, 0) is 15.6 Å². The normalized spacial score (nSPS) is 24.8. The molecule has 0 bridgehead atoms. The maximum atomic E-state index is 12.7. The molecule has 2 atom stereocenters. The van der Waals surface area contributed by atoms with Gasteiger partial charge in [-0.05, 0) is 44.0 Å². The minimum absolute atomic E-state index is 0.366. The minimum Gasteiger partial charge on any atom is -0.207 e. The Kier molecular flexibility index (Phi) is 3.19. The molecule has 0 N–H and O–H groups in total. The Labute approximate surface area is 126 Å². The maximum absolute atomic E-state index is 12.7. The Morgan fingerprint density at radius 3 is 2.24 bits per heavy atom. The highest BCUT2D eigenvalue weighted by molar-refractivity contribution is 7.89. The molecule has 1 heterocycles. The molecule has 1 aliphatic rings. The van der Waals surface area contributed by atoms with Crippen LogP contribution in [0.25, 0.3) is 0 Å². The van der Waals surface area contributed by atoms with Gasteiger partial charge in [-0.15, -0.1) is 0 Å². The van der Waals surface area contributed by atoms with Gasteiger partial charge in [-0.2, -0.15) is 4.31 Å². The molecule has 1 saturated heterocycles. The van der Waals surface area contributed by atoms with Gasteiger partial charge in [0.25, 0.3) is 0 Å². The van der Waals surface area contributed by atoms with Crippen LogP contribution in [0.1, 0.15) is 23.6 Å². The molecule has 0 radical (unpaired) electrons. The van der Waals surface area contributed by atoms with E-state index in [0.29, 0.717) is 11.4 Å². The zero-order chi connectivity index (χ0) is 15.3. The Balaban J connectivity index is 1.97. The second kappa shape index (κ2) is 4.68. The van der Waals surface area contributed by atoms with Crippen molar-refractivity contribution in [2.75, 3.05) is 6.54 Å². The Morgan fingerprint density at radius 1 is 1.00 bits per heavy atom. The highest BCUT2D eigenvalue weighted by Gasteiger charge is 2.56. The third kappa shape index (κ3) is 2.28. The van der Waals surface area contributed by atoms with Gasteiger partial charge >= 0.3 is 0 Å². The fourth-order valence-corrected chi connectivity index (χ4v) is 4.61. The average molecular weight is 301 g/mol. The molecular weight excluding hydrogens is 282 g/mol. The predicted molar refractivity (Wildman–Crippen MR) is 83.6 cm³/mol. The minimum atomic E-state index is -3.42. The lowest BCUT2D eigenvalue weighted by Gasteiger charge is -2.16. The highest BCUT2D eigenvalue weighted by atomic mass is 32.2. The number of hydrogen-bond donors (Lipinski definition) is 0. The summed E-state index contributed by atoms with van der Waals surface area (Å²) in [5, 5.41) is 0. The quantitative estimate of drug-likeness (QED) is 0.816. The fourth-order valence-electron chi connectivity index (χ4n) is 2.83. The van der Waals surface area contributed by atoms with Crippen LogP contribution in [-0.4, -0.2) is 19.3 Å². The van der Waals surface area contributed by atoms with Gasteiger partial charge < -0.3 is 0 Å². The largest absolute Gasteiger partial charge is 0.243 e. The van der Waals surface area contributed by atoms with Gasteiger partial charge in [0.1, 0.15) is 0 Å². The van der Waals surface area contributed by atoms with E-state index in [0.717, 1.165) is 16.7 Å². The monoisotopic (exact) mass is 301 g/mol. The molecule has 0 spiro atoms. The van der Waals surface area contributed by atoms with Crippen LogP contribution in [0.5, 0.6) is 0 Å². The summed E-state index contributed by atoms with van der Waals surface area (Å²) in [4.78, 5) is 0.366. The van der Waals surface area contributed by atoms with Crippen LogP contribution in [0.3, 0.4) is 0 Å². The molecule has 2 aromatic rings. The summed E-state index contributed by atoms with van der Waals surface area (Å²) in [6.45, 7) is 6.50. The Bertz CT molecular complexity index is 781. The lowest BCUT2D eigenvalue weighted by molar-refractivity contribution is 0.523. The van der Waals surface area contributed by atoms with Gasteiger partial charge in [0.15, 0.2) is 0 Å². The number of sulfonamides is 1. The molecule has 1 aliphatic heterocycles. The van der Waals surface area contributed by atoms with Crippen molar-refractivity contribution < 1.29 is 8.42 Å². The summed E-state index contributed by atoms with van der Waals surface area (Å²) in [5.41, 5.74) is 2.85. The Hall–Kier alpha value is -1.65. The van der Waals surface area contributed by atoms with Crippen molar-refractivity contribution in [2.24, 2.45) is 0 Å². The van der Waals surface area contributed by atoms with E-state index in [-0.39, 0.29) is 0 Å². The molecule has 0 saturated carbocycles. The molecule has 2 unspecified atom stereocenters. The smallest absolute Gasteiger partial charge is 0.207 e. The van der Waals surface area contributed by atoms with Gasteiger partial charge in [-0.3, -0.25) is 0 Å². The molecule has 110 valence electrons. The van der Waals surface area contributed by atoms with Crippen molar-refractivity contribution in [3.8, 4) is 0 Å². The molecule has 21 heavy (non-hydrogen) atoms. The van der Waals surface area contributed by atoms with E-state index >= 15 is 0 Å². The summed E-state index contributed by atoms with van der Waals surface area (Å²) in [6, 6.07) is 15.0. The van der Waals surface area contributed by atoms with Gasteiger partial charge in [0.05, 0.1) is 10.4 Å². The molecule has 4 heteroatoms. The molecule has 2 aromatic carbocycles. The molecular formula is C17H19NO2S. The van der Waals surface area contributed by atoms with Crippen LogP contribution in [0.2, 0.25) is 0 Å². The third-order valence-electron chi connectivity index (χ3n) is 4.23. The van der Waals surface area contributed by atoms with Crippen molar-refractivity contribution in [1.82, 2.24) is 4.31 Å². The number of nitrogens with zero attached hydrogens (tertiary/aromatic N) is 1. The van der Waals surface area contributed by atoms with Gasteiger partial charge in [-0.25, -0.2) is 8.42 Å². The zero-order valence-corrected chi connectivity index (χ0v) is 13.3. The summed E-state index contributed by atoms with van der Waals surface area (Å²) < 4.78 is 27.0. The van der Waals surface area contributed by atoms with Gasteiger partial charge in [0.2, 0.25) is 10.0 Å². The number of hydrogen-bond acceptors (Lipinski definition) is 2. The summed E-state index contributed by atoms with van der Waals surface area (Å²) in [5.74, 6) is 0. The van der Waals surface area contributed by atoms with Gasteiger partial charge in [-0.1, -0.05) is 42.0 Å². The third-order valence-corrected chi connectivity index (χ3v) is 6.21. The topological polar surface area (TPSA) is 37.1 Å². The van der Waals surface area contributed by atoms with E-state index in [1.54, 1.807) is 16.4 Å². The summed E-state index contributed by atoms with van der Waals surface area (Å²) >= 11 is 0. The second-order valence-electron chi connectivity index (χ2n) is 5.91. The second-order valence-corrected chi connectivity index (χ2v) is 7.78. The van der Waals surface area contributed by atoms with E-state index < -0.39 is 15.6 Å². The lowest BCUT2D eigenvalue weighted by atomic mass is 9.97. The SMILES string of the molecule is Cc1ccc(S(=O)(=O)N2CC2(C)c2ccccc2C)cc1. The van der Waals surface area contributed by atoms with Gasteiger partial charge in [0, 0.05) is 6.54 Å². The van der Waals surface area contributed by atoms with Crippen molar-refractivity contribution >= 4 is 10.0 Å². The fraction of sp³-hybridized carbons (Fsp3) is 0.294. The van der Waals surface area contributed by atoms with Crippen LogP contribution in [0, 0.1) is 13.8 Å². The van der Waals surface area contributed by atoms with Crippen molar-refractivity contribution in [1.29, 1.82) is 0 Å². The van der Waals surface area contributed by atoms with Crippen molar-refractivity contribution in [2.45, 2.75) is 31.2 Å². The van der Waals surface area contributed by atoms with E-state index in [1.165, 1.54) is 0 Å². The standard InChI is InChI=1S/C17H19NO2S/c1-13-8-10-15(11-9-13)21(19,20)18-12-17(18,3)16-7-5-4-6-14(16)2/h4-11H,12H2,1-3H3. The maximum Gasteiger partial charge on any atom is 0.243 e. The van der Waals surface area contributed by atoms with E-state index in [9.17, 15) is 8.42 Å². The van der Waals surface area contributed by atoms with Crippen LogP contribution < -0.4 is 0 Å². The summed E-state index contributed by atoms with van der Waals surface area (Å²) in [7, 11) is -3.42. The van der Waals surface area contributed by atoms with E-state index in [4.69, 9.17) is 0 Å². The average Bonchev–Trinajstić information content (AvgIpc) is 3.14. The van der Waals surface area contributed by atoms with Crippen molar-refractivity contribution in [3.05, 3.63) is 65.2 Å². The molecule has 3 rings (SSSR count). The molecule has 1 fully saturated rings. The first kappa shape index (κ1) is 14.3. The predicted octanol–water partition coefficient (Wildman–Crippen LogP) is 3.22. The number of aryl methyl sites for hydroxylation is 2. The number of rotatable bonds is 3. The van der Waals surface area contributed by atoms with Crippen LogP contribution in [0.15, 0.2) is 53.4 Å². The Morgan fingerprint density at radius 2 is 1.62 bits per heavy atom.